The van der Waals surface area contributed by atoms with Crippen LogP contribution in [0.1, 0.15) is 41.8 Å². The topological polar surface area (TPSA) is 69.6 Å². The van der Waals surface area contributed by atoms with Gasteiger partial charge in [-0.1, -0.05) is 11.6 Å². The minimum Gasteiger partial charge on any atom is -0.465 e. The van der Waals surface area contributed by atoms with Crippen LogP contribution in [0.2, 0.25) is 4.34 Å². The van der Waals surface area contributed by atoms with E-state index in [1.54, 1.807) is 12.1 Å². The van der Waals surface area contributed by atoms with Crippen molar-refractivity contribution < 1.29 is 14.7 Å². The number of thiophene rings is 1. The Morgan fingerprint density at radius 2 is 2.04 bits per heavy atom. The van der Waals surface area contributed by atoms with Crippen molar-refractivity contribution >= 4 is 34.9 Å². The molecule has 1 aliphatic carbocycles. The lowest BCUT2D eigenvalue weighted by Crippen LogP contribution is -2.37. The zero-order valence-corrected chi connectivity index (χ0v) is 14.4. The third kappa shape index (κ3) is 4.38. The fraction of sp³-hybridized carbons (Fsp3) is 0.625. The molecule has 2 atom stereocenters. The zero-order valence-electron chi connectivity index (χ0n) is 12.8. The predicted molar refractivity (Wildman–Crippen MR) is 90.2 cm³/mol. The molecule has 2 unspecified atom stereocenters. The number of carbonyl (C=O) groups is 2. The van der Waals surface area contributed by atoms with E-state index in [0.29, 0.717) is 40.2 Å². The van der Waals surface area contributed by atoms with Crippen molar-refractivity contribution in [3.8, 4) is 0 Å². The van der Waals surface area contributed by atoms with Gasteiger partial charge in [-0.2, -0.15) is 0 Å². The van der Waals surface area contributed by atoms with E-state index < -0.39 is 6.09 Å². The van der Waals surface area contributed by atoms with Crippen LogP contribution in [-0.4, -0.2) is 41.1 Å². The molecule has 3 rings (SSSR count). The van der Waals surface area contributed by atoms with Crippen LogP contribution in [0.25, 0.3) is 0 Å². The maximum atomic E-state index is 12.0. The Bertz CT molecular complexity index is 584. The predicted octanol–water partition coefficient (Wildman–Crippen LogP) is 3.69. The highest BCUT2D eigenvalue weighted by Gasteiger charge is 2.38. The fourth-order valence-corrected chi connectivity index (χ4v) is 4.23. The summed E-state index contributed by atoms with van der Waals surface area (Å²) in [4.78, 5) is 25.1. The van der Waals surface area contributed by atoms with Gasteiger partial charge >= 0.3 is 6.09 Å². The Hall–Kier alpha value is -1.27. The van der Waals surface area contributed by atoms with Gasteiger partial charge in [0.1, 0.15) is 0 Å². The number of amides is 2. The van der Waals surface area contributed by atoms with Crippen LogP contribution in [0.4, 0.5) is 4.79 Å². The van der Waals surface area contributed by atoms with Crippen molar-refractivity contribution in [2.24, 2.45) is 11.8 Å². The maximum Gasteiger partial charge on any atom is 0.407 e. The van der Waals surface area contributed by atoms with Crippen LogP contribution in [0.5, 0.6) is 0 Å². The minimum atomic E-state index is -0.804. The Morgan fingerprint density at radius 3 is 2.65 bits per heavy atom. The number of halogens is 1. The van der Waals surface area contributed by atoms with E-state index in [1.807, 2.05) is 0 Å². The highest BCUT2D eigenvalue weighted by atomic mass is 35.5. The number of nitrogens with one attached hydrogen (secondary N) is 1. The molecule has 5 nitrogen and oxygen atoms in total. The number of likely N-dealkylation sites (tertiary alicyclic amines) is 1. The van der Waals surface area contributed by atoms with Crippen LogP contribution in [0.3, 0.4) is 0 Å². The number of rotatable bonds is 5. The molecule has 23 heavy (non-hydrogen) atoms. The molecule has 2 heterocycles. The molecule has 0 radical (unpaired) electrons. The maximum absolute atomic E-state index is 12.0. The summed E-state index contributed by atoms with van der Waals surface area (Å²) in [5.74, 6) is 1.18. The molecule has 1 aromatic heterocycles. The monoisotopic (exact) mass is 356 g/mol. The molecule has 1 aliphatic heterocycles. The van der Waals surface area contributed by atoms with Crippen molar-refractivity contribution in [3.63, 3.8) is 0 Å². The van der Waals surface area contributed by atoms with Gasteiger partial charge in [-0.05, 0) is 56.1 Å². The van der Waals surface area contributed by atoms with Gasteiger partial charge in [-0.25, -0.2) is 4.79 Å². The van der Waals surface area contributed by atoms with E-state index in [4.69, 9.17) is 16.7 Å². The summed E-state index contributed by atoms with van der Waals surface area (Å²) in [5.41, 5.74) is 0. The van der Waals surface area contributed by atoms with E-state index in [2.05, 4.69) is 5.32 Å². The number of hydrogen-bond donors (Lipinski definition) is 2. The van der Waals surface area contributed by atoms with Crippen molar-refractivity contribution in [1.29, 1.82) is 0 Å². The Kier molecular flexibility index (Phi) is 5.11. The molecular formula is C16H21ClN2O3S. The first-order valence-corrected chi connectivity index (χ1v) is 9.26. The Balaban J connectivity index is 1.34. The molecule has 0 aromatic carbocycles. The van der Waals surface area contributed by atoms with Crippen LogP contribution in [0, 0.1) is 11.8 Å². The van der Waals surface area contributed by atoms with E-state index >= 15 is 0 Å². The van der Waals surface area contributed by atoms with Gasteiger partial charge in [0.05, 0.1) is 9.21 Å². The lowest BCUT2D eigenvalue weighted by molar-refractivity contribution is 0.0952. The SMILES string of the molecule is O=C(NC1CC1CCC1CCN(C(=O)O)CC1)c1ccc(Cl)s1. The molecule has 2 fully saturated rings. The second-order valence-corrected chi connectivity index (χ2v) is 8.18. The summed E-state index contributed by atoms with van der Waals surface area (Å²) in [6, 6.07) is 3.80. The summed E-state index contributed by atoms with van der Waals surface area (Å²) in [6.07, 6.45) is 4.43. The lowest BCUT2D eigenvalue weighted by atomic mass is 9.91. The number of carbonyl (C=O) groups excluding carboxylic acids is 1. The number of nitrogens with zero attached hydrogens (tertiary/aromatic N) is 1. The molecule has 7 heteroatoms. The van der Waals surface area contributed by atoms with Gasteiger partial charge in [0.25, 0.3) is 5.91 Å². The first-order valence-electron chi connectivity index (χ1n) is 8.07. The van der Waals surface area contributed by atoms with Gasteiger partial charge in [-0.3, -0.25) is 4.79 Å². The molecule has 1 aromatic rings. The van der Waals surface area contributed by atoms with Gasteiger partial charge in [-0.15, -0.1) is 11.3 Å². The second kappa shape index (κ2) is 7.09. The van der Waals surface area contributed by atoms with E-state index in [9.17, 15) is 9.59 Å². The molecule has 2 amide bonds. The first-order chi connectivity index (χ1) is 11.0. The minimum absolute atomic E-state index is 0.0239. The zero-order chi connectivity index (χ0) is 16.4. The summed E-state index contributed by atoms with van der Waals surface area (Å²) in [7, 11) is 0. The lowest BCUT2D eigenvalue weighted by Gasteiger charge is -2.29. The van der Waals surface area contributed by atoms with Crippen LogP contribution in [0.15, 0.2) is 12.1 Å². The van der Waals surface area contributed by atoms with Gasteiger partial charge in [0, 0.05) is 19.1 Å². The molecule has 2 aliphatic rings. The quantitative estimate of drug-likeness (QED) is 0.845. The summed E-state index contributed by atoms with van der Waals surface area (Å²) >= 11 is 7.16. The highest BCUT2D eigenvalue weighted by molar-refractivity contribution is 7.18. The summed E-state index contributed by atoms with van der Waals surface area (Å²) in [5, 5.41) is 12.0. The van der Waals surface area contributed by atoms with Crippen LogP contribution >= 0.6 is 22.9 Å². The van der Waals surface area contributed by atoms with E-state index in [-0.39, 0.29) is 5.91 Å². The van der Waals surface area contributed by atoms with Crippen molar-refractivity contribution in [3.05, 3.63) is 21.3 Å². The molecular weight excluding hydrogens is 336 g/mol. The van der Waals surface area contributed by atoms with Crippen molar-refractivity contribution in [1.82, 2.24) is 10.2 Å². The van der Waals surface area contributed by atoms with Crippen LogP contribution < -0.4 is 5.32 Å². The average Bonchev–Trinajstić information content (AvgIpc) is 3.12. The molecule has 0 spiro atoms. The summed E-state index contributed by atoms with van der Waals surface area (Å²) in [6.45, 7) is 1.31. The molecule has 126 valence electrons. The van der Waals surface area contributed by atoms with Gasteiger partial charge in [0.15, 0.2) is 0 Å². The highest BCUT2D eigenvalue weighted by Crippen LogP contribution is 2.37. The van der Waals surface area contributed by atoms with Crippen molar-refractivity contribution in [2.45, 2.75) is 38.1 Å². The standard InChI is InChI=1S/C16H21ClN2O3S/c17-14-4-3-13(23-14)15(20)18-12-9-11(12)2-1-10-5-7-19(8-6-10)16(21)22/h3-4,10-12H,1-2,5-9H2,(H,18,20)(H,21,22). The van der Waals surface area contributed by atoms with Crippen LogP contribution in [-0.2, 0) is 0 Å². The van der Waals surface area contributed by atoms with Gasteiger partial charge < -0.3 is 15.3 Å². The van der Waals surface area contributed by atoms with E-state index in [0.717, 1.165) is 32.1 Å². The number of carboxylic acid groups (broad SMARTS) is 1. The largest absolute Gasteiger partial charge is 0.465 e. The number of piperidine rings is 1. The summed E-state index contributed by atoms with van der Waals surface area (Å²) < 4.78 is 0.634. The van der Waals surface area contributed by atoms with Gasteiger partial charge in [0.2, 0.25) is 0 Å². The fourth-order valence-electron chi connectivity index (χ4n) is 3.28. The second-order valence-electron chi connectivity index (χ2n) is 6.47. The molecule has 2 N–H and O–H groups in total. The van der Waals surface area contributed by atoms with E-state index in [1.165, 1.54) is 16.2 Å². The average molecular weight is 357 g/mol. The smallest absolute Gasteiger partial charge is 0.407 e. The Labute approximate surface area is 144 Å². The Morgan fingerprint density at radius 1 is 1.30 bits per heavy atom. The molecule has 1 saturated carbocycles. The molecule has 0 bridgehead atoms. The molecule has 1 saturated heterocycles. The van der Waals surface area contributed by atoms with Crippen molar-refractivity contribution in [2.75, 3.05) is 13.1 Å². The third-order valence-electron chi connectivity index (χ3n) is 4.87. The third-order valence-corrected chi connectivity index (χ3v) is 6.10. The first kappa shape index (κ1) is 16.6. The number of hydrogen-bond acceptors (Lipinski definition) is 3. The normalized spacial score (nSPS) is 24.5.